The van der Waals surface area contributed by atoms with Gasteiger partial charge in [-0.1, -0.05) is 0 Å². The molecule has 0 aromatic carbocycles. The molecule has 0 aliphatic rings. The molecule has 12 heavy (non-hydrogen) atoms. The average molecular weight is 166 g/mol. The van der Waals surface area contributed by atoms with Crippen LogP contribution in [0.2, 0.25) is 0 Å². The maximum atomic E-state index is 7.77. The van der Waals surface area contributed by atoms with Crippen molar-refractivity contribution in [3.63, 3.8) is 0 Å². The van der Waals surface area contributed by atoms with Gasteiger partial charge in [-0.25, -0.2) is 0 Å². The van der Waals surface area contributed by atoms with Crippen LogP contribution in [-0.2, 0) is 0 Å². The summed E-state index contributed by atoms with van der Waals surface area (Å²) >= 11 is 0. The van der Waals surface area contributed by atoms with E-state index in [4.69, 9.17) is 9.83 Å². The number of nitrogens with one attached hydrogen (secondary N) is 1. The van der Waals surface area contributed by atoms with E-state index >= 15 is 0 Å². The van der Waals surface area contributed by atoms with Gasteiger partial charge in [0.1, 0.15) is 12.1 Å². The van der Waals surface area contributed by atoms with Crippen molar-refractivity contribution in [3.05, 3.63) is 24.2 Å². The smallest absolute Gasteiger partial charge is 0.131 e. The first-order chi connectivity index (χ1) is 5.79. The van der Waals surface area contributed by atoms with Crippen LogP contribution in [0.3, 0.4) is 0 Å². The van der Waals surface area contributed by atoms with Crippen molar-refractivity contribution in [2.45, 2.75) is 13.8 Å². The first-order valence-electron chi connectivity index (χ1n) is 4.15. The molecule has 66 valence electrons. The topological polar surface area (TPSA) is 40.2 Å². The highest BCUT2D eigenvalue weighted by Gasteiger charge is 2.08. The summed E-state index contributed by atoms with van der Waals surface area (Å²) in [7, 11) is 0. The third-order valence-corrected chi connectivity index (χ3v) is 1.87. The highest BCUT2D eigenvalue weighted by atomic mass is 16.3. The zero-order valence-corrected chi connectivity index (χ0v) is 7.50. The van der Waals surface area contributed by atoms with Crippen LogP contribution in [0.5, 0.6) is 0 Å². The van der Waals surface area contributed by atoms with E-state index in [0.717, 1.165) is 18.7 Å². The molecular formula is C9H14N2O. The van der Waals surface area contributed by atoms with Gasteiger partial charge in [0.2, 0.25) is 0 Å². The molecule has 1 N–H and O–H groups in total. The van der Waals surface area contributed by atoms with Crippen LogP contribution in [0.1, 0.15) is 19.4 Å². The Kier molecular flexibility index (Phi) is 2.91. The maximum Gasteiger partial charge on any atom is 0.131 e. The Morgan fingerprint density at radius 2 is 2.17 bits per heavy atom. The molecule has 0 aliphatic heterocycles. The van der Waals surface area contributed by atoms with E-state index in [0.29, 0.717) is 5.84 Å². The first-order valence-corrected chi connectivity index (χ1v) is 4.15. The molecule has 1 rings (SSSR count). The fraction of sp³-hybridized carbons (Fsp3) is 0.444. The average Bonchev–Trinajstić information content (AvgIpc) is 2.58. The van der Waals surface area contributed by atoms with E-state index in [2.05, 4.69) is 0 Å². The highest BCUT2D eigenvalue weighted by Crippen LogP contribution is 2.04. The molecule has 0 atom stereocenters. The van der Waals surface area contributed by atoms with E-state index in [-0.39, 0.29) is 0 Å². The second-order valence-corrected chi connectivity index (χ2v) is 2.53. The molecule has 1 aromatic rings. The molecule has 0 radical (unpaired) electrons. The van der Waals surface area contributed by atoms with Gasteiger partial charge in [-0.2, -0.15) is 0 Å². The Morgan fingerprint density at radius 3 is 2.58 bits per heavy atom. The highest BCUT2D eigenvalue weighted by molar-refractivity contribution is 5.95. The molecule has 3 heteroatoms. The number of hydrogen-bond donors (Lipinski definition) is 1. The zero-order valence-electron chi connectivity index (χ0n) is 7.50. The lowest BCUT2D eigenvalue weighted by molar-refractivity contribution is 0.462. The summed E-state index contributed by atoms with van der Waals surface area (Å²) in [6, 6.07) is 1.81. The van der Waals surface area contributed by atoms with Crippen LogP contribution in [0.15, 0.2) is 23.0 Å². The van der Waals surface area contributed by atoms with Crippen molar-refractivity contribution in [3.8, 4) is 0 Å². The maximum absolute atomic E-state index is 7.77. The first kappa shape index (κ1) is 8.84. The fourth-order valence-corrected chi connectivity index (χ4v) is 1.12. The molecule has 0 spiro atoms. The second-order valence-electron chi connectivity index (χ2n) is 2.53. The Balaban J connectivity index is 2.70. The summed E-state index contributed by atoms with van der Waals surface area (Å²) in [6.45, 7) is 5.80. The van der Waals surface area contributed by atoms with E-state index in [1.807, 2.05) is 18.7 Å². The van der Waals surface area contributed by atoms with Crippen LogP contribution in [0, 0.1) is 5.41 Å². The lowest BCUT2D eigenvalue weighted by Crippen LogP contribution is -2.30. The van der Waals surface area contributed by atoms with Crippen LogP contribution in [-0.4, -0.2) is 23.8 Å². The molecule has 0 saturated heterocycles. The summed E-state index contributed by atoms with van der Waals surface area (Å²) < 4.78 is 4.91. The number of furan rings is 1. The minimum absolute atomic E-state index is 0.536. The largest absolute Gasteiger partial charge is 0.472 e. The van der Waals surface area contributed by atoms with Gasteiger partial charge in [-0.3, -0.25) is 5.41 Å². The molecule has 1 heterocycles. The molecule has 0 saturated carbocycles. The van der Waals surface area contributed by atoms with Crippen LogP contribution in [0.25, 0.3) is 0 Å². The Morgan fingerprint density at radius 1 is 1.50 bits per heavy atom. The number of hydrogen-bond acceptors (Lipinski definition) is 2. The van der Waals surface area contributed by atoms with E-state index in [1.54, 1.807) is 18.6 Å². The Labute approximate surface area is 72.5 Å². The molecule has 3 nitrogen and oxygen atoms in total. The quantitative estimate of drug-likeness (QED) is 0.550. The summed E-state index contributed by atoms with van der Waals surface area (Å²) in [5, 5.41) is 7.77. The van der Waals surface area contributed by atoms with Gasteiger partial charge in [-0.05, 0) is 19.9 Å². The predicted molar refractivity (Wildman–Crippen MR) is 48.5 cm³/mol. The standard InChI is InChI=1S/C9H14N2O/c1-3-11(4-2)9(10)8-5-6-12-7-8/h5-7,10H,3-4H2,1-2H3. The van der Waals surface area contributed by atoms with E-state index in [1.165, 1.54) is 0 Å². The minimum Gasteiger partial charge on any atom is -0.472 e. The number of nitrogens with zero attached hydrogens (tertiary/aromatic N) is 1. The molecule has 0 bridgehead atoms. The third kappa shape index (κ3) is 1.67. The molecule has 0 unspecified atom stereocenters. The number of amidine groups is 1. The fourth-order valence-electron chi connectivity index (χ4n) is 1.12. The van der Waals surface area contributed by atoms with E-state index in [9.17, 15) is 0 Å². The molecule has 0 fully saturated rings. The predicted octanol–water partition coefficient (Wildman–Crippen LogP) is 1.95. The molecule has 0 amide bonds. The summed E-state index contributed by atoms with van der Waals surface area (Å²) in [5.74, 6) is 0.536. The van der Waals surface area contributed by atoms with Crippen LogP contribution in [0.4, 0.5) is 0 Å². The van der Waals surface area contributed by atoms with Crippen molar-refractivity contribution < 1.29 is 4.42 Å². The monoisotopic (exact) mass is 166 g/mol. The Bertz CT molecular complexity index is 237. The van der Waals surface area contributed by atoms with Gasteiger partial charge < -0.3 is 9.32 Å². The SMILES string of the molecule is CCN(CC)C(=N)c1ccoc1. The van der Waals surface area contributed by atoms with Gasteiger partial charge in [0.25, 0.3) is 0 Å². The van der Waals surface area contributed by atoms with Gasteiger partial charge >= 0.3 is 0 Å². The third-order valence-electron chi connectivity index (χ3n) is 1.87. The minimum atomic E-state index is 0.536. The van der Waals surface area contributed by atoms with Gasteiger partial charge in [0.15, 0.2) is 0 Å². The number of rotatable bonds is 3. The van der Waals surface area contributed by atoms with Crippen LogP contribution < -0.4 is 0 Å². The summed E-state index contributed by atoms with van der Waals surface area (Å²) in [6.07, 6.45) is 3.19. The van der Waals surface area contributed by atoms with Crippen molar-refractivity contribution in [1.82, 2.24) is 4.90 Å². The lowest BCUT2D eigenvalue weighted by atomic mass is 10.3. The summed E-state index contributed by atoms with van der Waals surface area (Å²) in [4.78, 5) is 1.98. The molecule has 0 aliphatic carbocycles. The van der Waals surface area contributed by atoms with Crippen molar-refractivity contribution in [2.24, 2.45) is 0 Å². The van der Waals surface area contributed by atoms with Crippen molar-refractivity contribution in [1.29, 1.82) is 5.41 Å². The van der Waals surface area contributed by atoms with Crippen molar-refractivity contribution in [2.75, 3.05) is 13.1 Å². The second kappa shape index (κ2) is 3.95. The zero-order chi connectivity index (χ0) is 8.97. The van der Waals surface area contributed by atoms with Gasteiger partial charge in [0.05, 0.1) is 11.8 Å². The van der Waals surface area contributed by atoms with Gasteiger partial charge in [-0.15, -0.1) is 0 Å². The van der Waals surface area contributed by atoms with Crippen molar-refractivity contribution >= 4 is 5.84 Å². The normalized spacial score (nSPS) is 9.83. The Hall–Kier alpha value is -1.25. The molecular weight excluding hydrogens is 152 g/mol. The van der Waals surface area contributed by atoms with E-state index < -0.39 is 0 Å². The lowest BCUT2D eigenvalue weighted by Gasteiger charge is -2.20. The van der Waals surface area contributed by atoms with Crippen LogP contribution >= 0.6 is 0 Å². The summed E-state index contributed by atoms with van der Waals surface area (Å²) in [5.41, 5.74) is 0.846. The molecule has 1 aromatic heterocycles. The van der Waals surface area contributed by atoms with Gasteiger partial charge in [0, 0.05) is 13.1 Å².